The van der Waals surface area contributed by atoms with Crippen LogP contribution < -0.4 is 10.2 Å². The maximum absolute atomic E-state index is 9.67. The van der Waals surface area contributed by atoms with Crippen LogP contribution in [0.25, 0.3) is 5.57 Å². The van der Waals surface area contributed by atoms with Crippen LogP contribution in [0.5, 0.6) is 0 Å². The van der Waals surface area contributed by atoms with E-state index in [-0.39, 0.29) is 24.2 Å². The van der Waals surface area contributed by atoms with E-state index in [1.807, 2.05) is 23.1 Å². The molecule has 30 heavy (non-hydrogen) atoms. The first-order valence-corrected chi connectivity index (χ1v) is 10.9. The molecule has 0 saturated carbocycles. The summed E-state index contributed by atoms with van der Waals surface area (Å²) in [5, 5.41) is 14.3. The van der Waals surface area contributed by atoms with Crippen molar-refractivity contribution in [2.75, 3.05) is 25.1 Å². The van der Waals surface area contributed by atoms with Crippen molar-refractivity contribution in [3.05, 3.63) is 64.4 Å². The van der Waals surface area contributed by atoms with Crippen LogP contribution in [0.2, 0.25) is 5.02 Å². The zero-order chi connectivity index (χ0) is 21.6. The van der Waals surface area contributed by atoms with Crippen molar-refractivity contribution < 1.29 is 5.11 Å². The maximum Gasteiger partial charge on any atom is 0.170 e. The highest BCUT2D eigenvalue weighted by molar-refractivity contribution is 7.80. The van der Waals surface area contributed by atoms with E-state index in [1.165, 1.54) is 5.57 Å². The number of hydrogen-bond donors (Lipinski definition) is 2. The van der Waals surface area contributed by atoms with Gasteiger partial charge in [-0.2, -0.15) is 0 Å². The van der Waals surface area contributed by atoms with Crippen molar-refractivity contribution in [3.63, 3.8) is 0 Å². The van der Waals surface area contributed by atoms with Crippen LogP contribution in [0.3, 0.4) is 0 Å². The van der Waals surface area contributed by atoms with E-state index in [4.69, 9.17) is 23.8 Å². The molecule has 2 N–H and O–H groups in total. The number of likely N-dealkylation sites (N-methyl/N-ethyl adjacent to an activating group) is 1. The van der Waals surface area contributed by atoms with Gasteiger partial charge in [-0.1, -0.05) is 23.7 Å². The summed E-state index contributed by atoms with van der Waals surface area (Å²) in [5.74, 6) is 0. The quantitative estimate of drug-likeness (QED) is 0.687. The third-order valence-corrected chi connectivity index (χ3v) is 6.87. The minimum absolute atomic E-state index is 0.00563. The van der Waals surface area contributed by atoms with Gasteiger partial charge in [0.25, 0.3) is 0 Å². The molecule has 7 heteroatoms. The highest BCUT2D eigenvalue weighted by atomic mass is 35.5. The molecule has 158 valence electrons. The molecule has 1 aromatic heterocycles. The molecule has 2 aromatic rings. The number of fused-ring (bicyclic) bond motifs is 1. The summed E-state index contributed by atoms with van der Waals surface area (Å²) in [4.78, 5) is 8.82. The van der Waals surface area contributed by atoms with Gasteiger partial charge < -0.3 is 20.2 Å². The number of aromatic nitrogens is 1. The van der Waals surface area contributed by atoms with Gasteiger partial charge in [-0.05, 0) is 68.4 Å². The van der Waals surface area contributed by atoms with E-state index in [9.17, 15) is 5.11 Å². The minimum atomic E-state index is -0.162. The van der Waals surface area contributed by atoms with Crippen LogP contribution in [0, 0.1) is 0 Å². The number of aliphatic hydroxyl groups is 1. The Morgan fingerprint density at radius 3 is 2.73 bits per heavy atom. The highest BCUT2D eigenvalue weighted by Gasteiger charge is 2.41. The van der Waals surface area contributed by atoms with Gasteiger partial charge in [-0.3, -0.25) is 4.98 Å². The summed E-state index contributed by atoms with van der Waals surface area (Å²) >= 11 is 12.5. The number of hydrogen-bond acceptors (Lipinski definition) is 4. The number of thiocarbonyl (C=S) groups is 1. The van der Waals surface area contributed by atoms with Gasteiger partial charge in [-0.25, -0.2) is 0 Å². The monoisotopic (exact) mass is 442 g/mol. The molecule has 0 unspecified atom stereocenters. The van der Waals surface area contributed by atoms with Gasteiger partial charge in [0.15, 0.2) is 5.11 Å². The SMILES string of the molecule is CC1=CC(C)(C)N(C)c2cc(Cl)c([C@@H]3[C@H](c4ccccn4)NC(=S)N3CCO)cc21. The lowest BCUT2D eigenvalue weighted by molar-refractivity contribution is 0.223. The van der Waals surface area contributed by atoms with Gasteiger partial charge >= 0.3 is 0 Å². The minimum Gasteiger partial charge on any atom is -0.395 e. The predicted octanol–water partition coefficient (Wildman–Crippen LogP) is 4.33. The summed E-state index contributed by atoms with van der Waals surface area (Å²) < 4.78 is 0. The van der Waals surface area contributed by atoms with Crippen molar-refractivity contribution in [1.82, 2.24) is 15.2 Å². The van der Waals surface area contributed by atoms with Gasteiger partial charge in [0.05, 0.1) is 29.9 Å². The van der Waals surface area contributed by atoms with E-state index in [0.29, 0.717) is 16.7 Å². The molecule has 0 radical (unpaired) electrons. The Kier molecular flexibility index (Phi) is 5.51. The smallest absolute Gasteiger partial charge is 0.170 e. The molecule has 2 atom stereocenters. The van der Waals surface area contributed by atoms with Crippen LogP contribution in [-0.4, -0.2) is 45.8 Å². The lowest BCUT2D eigenvalue weighted by atomic mass is 9.86. The molecule has 2 aliphatic heterocycles. The predicted molar refractivity (Wildman–Crippen MR) is 127 cm³/mol. The Hall–Kier alpha value is -2.15. The number of halogens is 1. The Morgan fingerprint density at radius 1 is 1.30 bits per heavy atom. The zero-order valence-corrected chi connectivity index (χ0v) is 19.3. The molecule has 0 bridgehead atoms. The van der Waals surface area contributed by atoms with Crippen molar-refractivity contribution in [2.45, 2.75) is 38.4 Å². The summed E-state index contributed by atoms with van der Waals surface area (Å²) in [7, 11) is 2.10. The average molecular weight is 443 g/mol. The second kappa shape index (κ2) is 7.84. The topological polar surface area (TPSA) is 51.6 Å². The Labute approximate surface area is 188 Å². The van der Waals surface area contributed by atoms with E-state index in [1.54, 1.807) is 6.20 Å². The van der Waals surface area contributed by atoms with Crippen LogP contribution in [0.4, 0.5) is 5.69 Å². The average Bonchev–Trinajstić information content (AvgIpc) is 3.03. The number of rotatable bonds is 4. The van der Waals surface area contributed by atoms with E-state index in [2.05, 4.69) is 61.2 Å². The third-order valence-electron chi connectivity index (χ3n) is 6.19. The summed E-state index contributed by atoms with van der Waals surface area (Å²) in [5.41, 5.74) is 5.29. The van der Waals surface area contributed by atoms with Crippen LogP contribution >= 0.6 is 23.8 Å². The molecule has 0 spiro atoms. The first-order valence-electron chi connectivity index (χ1n) is 10.1. The fourth-order valence-corrected chi connectivity index (χ4v) is 5.11. The Morgan fingerprint density at radius 2 is 2.07 bits per heavy atom. The second-order valence-electron chi connectivity index (χ2n) is 8.47. The van der Waals surface area contributed by atoms with Crippen molar-refractivity contribution in [1.29, 1.82) is 0 Å². The molecule has 0 amide bonds. The fourth-order valence-electron chi connectivity index (χ4n) is 4.51. The Balaban J connectivity index is 1.86. The fraction of sp³-hybridized carbons (Fsp3) is 0.391. The molecule has 1 fully saturated rings. The van der Waals surface area contributed by atoms with Crippen molar-refractivity contribution in [2.24, 2.45) is 0 Å². The second-order valence-corrected chi connectivity index (χ2v) is 9.27. The molecule has 5 nitrogen and oxygen atoms in total. The van der Waals surface area contributed by atoms with Crippen LogP contribution in [0.15, 0.2) is 42.6 Å². The lowest BCUT2D eigenvalue weighted by Crippen LogP contribution is -2.42. The van der Waals surface area contributed by atoms with Gasteiger partial charge in [-0.15, -0.1) is 0 Å². The van der Waals surface area contributed by atoms with Gasteiger partial charge in [0.1, 0.15) is 0 Å². The van der Waals surface area contributed by atoms with Crippen LogP contribution in [-0.2, 0) is 0 Å². The lowest BCUT2D eigenvalue weighted by Gasteiger charge is -2.41. The van der Waals surface area contributed by atoms with Gasteiger partial charge in [0, 0.05) is 36.1 Å². The first kappa shape index (κ1) is 21.1. The largest absolute Gasteiger partial charge is 0.395 e. The Bertz CT molecular complexity index is 1010. The molecule has 4 rings (SSSR count). The van der Waals surface area contributed by atoms with Crippen molar-refractivity contribution in [3.8, 4) is 0 Å². The summed E-state index contributed by atoms with van der Waals surface area (Å²) in [6, 6.07) is 9.78. The zero-order valence-electron chi connectivity index (χ0n) is 17.7. The number of nitrogens with one attached hydrogen (secondary N) is 1. The molecule has 3 heterocycles. The van der Waals surface area contributed by atoms with E-state index in [0.717, 1.165) is 22.5 Å². The number of pyridine rings is 1. The number of allylic oxidation sites excluding steroid dienone is 1. The molecule has 2 aliphatic rings. The van der Waals surface area contributed by atoms with Gasteiger partial charge in [0.2, 0.25) is 0 Å². The number of aliphatic hydroxyl groups excluding tert-OH is 1. The molecule has 1 aromatic carbocycles. The maximum atomic E-state index is 9.67. The molecule has 1 saturated heterocycles. The number of nitrogens with zero attached hydrogens (tertiary/aromatic N) is 3. The summed E-state index contributed by atoms with van der Waals surface area (Å²) in [6.45, 7) is 6.96. The van der Waals surface area contributed by atoms with E-state index >= 15 is 0 Å². The number of β-amino-alcohol motifs (C(OH)–C–C–N with tert-alkyl or cyclic N) is 1. The number of anilines is 1. The molecule has 0 aliphatic carbocycles. The highest BCUT2D eigenvalue weighted by Crippen LogP contribution is 2.46. The molecular formula is C23H27ClN4OS. The number of benzene rings is 1. The van der Waals surface area contributed by atoms with Crippen LogP contribution in [0.1, 0.15) is 49.7 Å². The summed E-state index contributed by atoms with van der Waals surface area (Å²) in [6.07, 6.45) is 4.07. The molecular weight excluding hydrogens is 416 g/mol. The van der Waals surface area contributed by atoms with Crippen molar-refractivity contribution >= 4 is 40.2 Å². The first-order chi connectivity index (χ1) is 14.2. The third kappa shape index (κ3) is 3.47. The normalized spacial score (nSPS) is 22.6. The van der Waals surface area contributed by atoms with E-state index < -0.39 is 0 Å². The standard InChI is InChI=1S/C23H27ClN4OS/c1-14-13-23(2,3)27(4)19-12-17(24)16(11-15(14)19)21-20(18-7-5-6-8-25-18)26-22(30)28(21)9-10-29/h5-8,11-13,20-21,29H,9-10H2,1-4H3,(H,26,30)/t20-,21+/m0/s1.